The Balaban J connectivity index is 0.000000168. The Hall–Kier alpha value is -4.27. The number of hydrogen-bond donors (Lipinski definition) is 3. The average molecular weight is 988 g/mol. The highest BCUT2D eigenvalue weighted by atomic mass is 35.5. The Morgan fingerprint density at radius 1 is 0.631 bits per heavy atom. The van der Waals surface area contributed by atoms with Gasteiger partial charge in [-0.25, -0.2) is 48.3 Å². The molecule has 0 amide bonds. The van der Waals surface area contributed by atoms with E-state index in [1.807, 2.05) is 0 Å². The van der Waals surface area contributed by atoms with E-state index in [0.717, 1.165) is 113 Å². The predicted octanol–water partition coefficient (Wildman–Crippen LogP) is 3.04. The van der Waals surface area contributed by atoms with E-state index in [1.54, 1.807) is 47.5 Å². The summed E-state index contributed by atoms with van der Waals surface area (Å²) in [6, 6.07) is 0. The van der Waals surface area contributed by atoms with Crippen molar-refractivity contribution in [2.24, 2.45) is 0 Å². The lowest BCUT2D eigenvalue weighted by molar-refractivity contribution is 0.122. The van der Waals surface area contributed by atoms with Crippen LogP contribution < -0.4 is 26.6 Å². The van der Waals surface area contributed by atoms with Gasteiger partial charge in [0, 0.05) is 139 Å². The van der Waals surface area contributed by atoms with E-state index in [1.165, 1.54) is 16.1 Å². The van der Waals surface area contributed by atoms with Crippen molar-refractivity contribution in [3.05, 3.63) is 46.7 Å². The highest BCUT2D eigenvalue weighted by Crippen LogP contribution is 2.37. The topological polar surface area (TPSA) is 236 Å². The number of rotatable bonds is 9. The van der Waals surface area contributed by atoms with E-state index in [9.17, 15) is 8.42 Å². The number of sulfonamides is 1. The van der Waals surface area contributed by atoms with Crippen molar-refractivity contribution in [1.82, 2.24) is 59.3 Å². The number of nitrogens with two attached hydrogens (primary N) is 2. The summed E-state index contributed by atoms with van der Waals surface area (Å²) in [6.45, 7) is 13.9. The number of anilines is 4. The van der Waals surface area contributed by atoms with E-state index < -0.39 is 10.0 Å². The van der Waals surface area contributed by atoms with Crippen molar-refractivity contribution in [1.29, 1.82) is 0 Å². The van der Waals surface area contributed by atoms with E-state index in [-0.39, 0.29) is 17.2 Å². The van der Waals surface area contributed by atoms with E-state index in [2.05, 4.69) is 55.6 Å². The number of halogens is 2. The summed E-state index contributed by atoms with van der Waals surface area (Å²) in [4.78, 5) is 45.4. The minimum Gasteiger partial charge on any atom is -0.378 e. The van der Waals surface area contributed by atoms with Crippen LogP contribution in [0.15, 0.2) is 35.5 Å². The van der Waals surface area contributed by atoms with Crippen LogP contribution in [0, 0.1) is 0 Å². The number of hydrogen-bond acceptors (Lipinski definition) is 21. The standard InChI is InChI=1S/C20H26N8O3S2.C19H24N8OS.CH2Cl2/c1-33(29,30)28-4-2-26(3-5-28)12-15-13-32-18-16(14-10-22-19(21)23-11-14)24-20(25-17(15)18)27-6-8-31-9-7-27;20-18-22-9-13(10-23-18)15-17-16(25-19(24-15)27-5-7-28-8-6-27)14(12-29-17)11-26-3-1-21-2-4-26;2-1-3/h10-11,13H,2-9,12H2,1H3,(H2,21,22,23);9-10,12,21H,1-8,11H2,(H2,20,22,23);1H2. The number of aromatic nitrogens is 8. The van der Waals surface area contributed by atoms with Gasteiger partial charge < -0.3 is 36.1 Å². The number of ether oxygens (including phenoxy) is 2. The maximum Gasteiger partial charge on any atom is 0.226 e. The summed E-state index contributed by atoms with van der Waals surface area (Å²) >= 11 is 12.8. The highest BCUT2D eigenvalue weighted by molar-refractivity contribution is 7.88. The molecule has 348 valence electrons. The van der Waals surface area contributed by atoms with Crippen LogP contribution in [0.1, 0.15) is 11.1 Å². The molecule has 0 atom stereocenters. The maximum absolute atomic E-state index is 11.8. The maximum atomic E-state index is 11.8. The number of piperazine rings is 2. The first-order valence-corrected chi connectivity index (χ1v) is 25.9. The molecule has 0 radical (unpaired) electrons. The number of nitrogen functional groups attached to an aromatic ring is 2. The number of thiophene rings is 2. The molecule has 4 fully saturated rings. The molecule has 4 saturated heterocycles. The van der Waals surface area contributed by atoms with Crippen molar-refractivity contribution < 1.29 is 17.9 Å². The summed E-state index contributed by atoms with van der Waals surface area (Å²) in [5.41, 5.74) is 19.0. The molecule has 4 aliphatic rings. The Morgan fingerprint density at radius 3 is 1.43 bits per heavy atom. The van der Waals surface area contributed by atoms with Gasteiger partial charge in [-0.15, -0.1) is 45.9 Å². The Bertz CT molecular complexity index is 2600. The third-order valence-corrected chi connectivity index (χ3v) is 14.6. The van der Waals surface area contributed by atoms with Gasteiger partial charge in [-0.2, -0.15) is 4.31 Å². The Morgan fingerprint density at radius 2 is 1.03 bits per heavy atom. The summed E-state index contributed by atoms with van der Waals surface area (Å²) < 4.78 is 38.2. The van der Waals surface area contributed by atoms with Gasteiger partial charge >= 0.3 is 0 Å². The van der Waals surface area contributed by atoms with Crippen molar-refractivity contribution >= 4 is 100 Å². The third-order valence-electron chi connectivity index (χ3n) is 11.2. The fourth-order valence-corrected chi connectivity index (χ4v) is 10.7. The van der Waals surface area contributed by atoms with Crippen LogP contribution in [0.4, 0.5) is 23.8 Å². The van der Waals surface area contributed by atoms with Crippen LogP contribution in [0.3, 0.4) is 0 Å². The van der Waals surface area contributed by atoms with E-state index in [0.29, 0.717) is 65.1 Å². The first kappa shape index (κ1) is 47.2. The molecule has 0 aromatic carbocycles. The van der Waals surface area contributed by atoms with Gasteiger partial charge in [-0.1, -0.05) is 0 Å². The Kier molecular flexibility index (Phi) is 16.0. The second kappa shape index (κ2) is 22.0. The minimum absolute atomic E-state index is 0.194. The second-order valence-corrected chi connectivity index (χ2v) is 20.1. The lowest BCUT2D eigenvalue weighted by Crippen LogP contribution is -2.47. The summed E-state index contributed by atoms with van der Waals surface area (Å²) in [6.07, 6.45) is 8.13. The lowest BCUT2D eigenvalue weighted by atomic mass is 10.2. The van der Waals surface area contributed by atoms with Gasteiger partial charge in [0.15, 0.2) is 0 Å². The van der Waals surface area contributed by atoms with Crippen LogP contribution in [0.25, 0.3) is 42.9 Å². The zero-order valence-electron chi connectivity index (χ0n) is 36.0. The van der Waals surface area contributed by atoms with Gasteiger partial charge in [0.2, 0.25) is 33.8 Å². The fourth-order valence-electron chi connectivity index (χ4n) is 7.82. The van der Waals surface area contributed by atoms with E-state index >= 15 is 0 Å². The number of morpholine rings is 2. The smallest absolute Gasteiger partial charge is 0.226 e. The monoisotopic (exact) mass is 986 g/mol. The number of nitrogens with one attached hydrogen (secondary N) is 1. The van der Waals surface area contributed by atoms with Crippen LogP contribution in [0.5, 0.6) is 0 Å². The molecule has 6 aromatic heterocycles. The molecule has 0 bridgehead atoms. The van der Waals surface area contributed by atoms with Gasteiger partial charge in [0.05, 0.1) is 69.8 Å². The number of fused-ring (bicyclic) bond motifs is 2. The molecule has 25 heteroatoms. The molecule has 6 aromatic rings. The molecule has 0 unspecified atom stereocenters. The molecule has 65 heavy (non-hydrogen) atoms. The van der Waals surface area contributed by atoms with Crippen LogP contribution in [-0.2, 0) is 32.6 Å². The zero-order chi connectivity index (χ0) is 45.3. The average Bonchev–Trinajstić information content (AvgIpc) is 3.93. The van der Waals surface area contributed by atoms with Crippen molar-refractivity contribution in [3.8, 4) is 22.5 Å². The quantitative estimate of drug-likeness (QED) is 0.177. The SMILES string of the molecule is CS(=O)(=O)N1CCN(Cc2csc3c(-c4cnc(N)nc4)nc(N4CCOCC4)nc23)CC1.ClCCl.Nc1ncc(-c2nc(N3CCOCC3)nc3c(CN4CCNCC4)csc23)cn1. The molecular formula is C40H52Cl2N16O4S3. The second-order valence-electron chi connectivity index (χ2n) is 15.5. The molecule has 0 aliphatic carbocycles. The molecule has 10 rings (SSSR count). The minimum atomic E-state index is -3.15. The van der Waals surface area contributed by atoms with Crippen LogP contribution >= 0.6 is 45.9 Å². The first-order chi connectivity index (χ1) is 31.6. The molecular weight excluding hydrogens is 936 g/mol. The number of alkyl halides is 2. The van der Waals surface area contributed by atoms with Gasteiger partial charge in [0.25, 0.3) is 0 Å². The molecule has 4 aliphatic heterocycles. The van der Waals surface area contributed by atoms with Crippen molar-refractivity contribution in [2.75, 3.05) is 138 Å². The van der Waals surface area contributed by atoms with Gasteiger partial charge in [-0.05, 0) is 10.8 Å². The first-order valence-electron chi connectivity index (χ1n) is 21.2. The normalized spacial score (nSPS) is 18.0. The largest absolute Gasteiger partial charge is 0.378 e. The van der Waals surface area contributed by atoms with Gasteiger partial charge in [0.1, 0.15) is 0 Å². The van der Waals surface area contributed by atoms with Crippen molar-refractivity contribution in [2.45, 2.75) is 13.1 Å². The van der Waals surface area contributed by atoms with Crippen LogP contribution in [0.2, 0.25) is 0 Å². The summed E-state index contributed by atoms with van der Waals surface area (Å²) in [5, 5.41) is 7.94. The Labute approximate surface area is 395 Å². The molecule has 5 N–H and O–H groups in total. The van der Waals surface area contributed by atoms with Crippen molar-refractivity contribution in [3.63, 3.8) is 0 Å². The molecule has 0 spiro atoms. The predicted molar refractivity (Wildman–Crippen MR) is 258 cm³/mol. The number of nitrogens with zero attached hydrogens (tertiary/aromatic N) is 13. The van der Waals surface area contributed by atoms with Crippen LogP contribution in [-0.4, -0.2) is 179 Å². The molecule has 0 saturated carbocycles. The summed E-state index contributed by atoms with van der Waals surface area (Å²) in [7, 11) is -3.15. The van der Waals surface area contributed by atoms with E-state index in [4.69, 9.17) is 64.1 Å². The summed E-state index contributed by atoms with van der Waals surface area (Å²) in [5.74, 6) is 1.89. The zero-order valence-corrected chi connectivity index (χ0v) is 39.9. The fraction of sp³-hybridized carbons (Fsp3) is 0.500. The lowest BCUT2D eigenvalue weighted by Gasteiger charge is -2.33. The molecule has 10 heterocycles. The molecule has 20 nitrogen and oxygen atoms in total. The van der Waals surface area contributed by atoms with Gasteiger partial charge in [-0.3, -0.25) is 9.80 Å². The highest BCUT2D eigenvalue weighted by Gasteiger charge is 2.26. The third kappa shape index (κ3) is 11.8.